The van der Waals surface area contributed by atoms with Crippen LogP contribution >= 0.6 is 23.4 Å². The Kier molecular flexibility index (Phi) is 5.22. The zero-order valence-corrected chi connectivity index (χ0v) is 13.0. The van der Waals surface area contributed by atoms with Gasteiger partial charge in [-0.2, -0.15) is 0 Å². The van der Waals surface area contributed by atoms with Crippen molar-refractivity contribution in [2.45, 2.75) is 23.6 Å². The number of rotatable bonds is 5. The molecule has 1 atom stereocenters. The van der Waals surface area contributed by atoms with Crippen molar-refractivity contribution in [1.82, 2.24) is 0 Å². The third-order valence-corrected chi connectivity index (χ3v) is 4.47. The lowest BCUT2D eigenvalue weighted by Gasteiger charge is -2.08. The Labute approximate surface area is 132 Å². The first-order valence-corrected chi connectivity index (χ1v) is 7.75. The molecule has 0 bridgehead atoms. The second-order valence-corrected chi connectivity index (χ2v) is 6.10. The molecular weight excluding hydrogens is 308 g/mol. The van der Waals surface area contributed by atoms with Crippen molar-refractivity contribution in [1.29, 1.82) is 0 Å². The van der Waals surface area contributed by atoms with Gasteiger partial charge in [-0.1, -0.05) is 29.8 Å². The van der Waals surface area contributed by atoms with Crippen LogP contribution in [0.4, 0.5) is 5.69 Å². The van der Waals surface area contributed by atoms with Gasteiger partial charge in [0.25, 0.3) is 5.69 Å². The summed E-state index contributed by atoms with van der Waals surface area (Å²) in [5, 5.41) is 11.4. The van der Waals surface area contributed by atoms with Gasteiger partial charge in [0.2, 0.25) is 0 Å². The number of nitrogens with two attached hydrogens (primary N) is 1. The molecule has 0 fully saturated rings. The number of hydrogen-bond donors (Lipinski definition) is 1. The van der Waals surface area contributed by atoms with Gasteiger partial charge in [-0.25, -0.2) is 0 Å². The minimum atomic E-state index is -0.402. The molecule has 4 nitrogen and oxygen atoms in total. The third kappa shape index (κ3) is 3.97. The van der Waals surface area contributed by atoms with E-state index in [2.05, 4.69) is 0 Å². The lowest BCUT2D eigenvalue weighted by atomic mass is 10.1. The molecule has 0 aliphatic carbocycles. The molecule has 0 aliphatic rings. The number of nitro benzene ring substituents is 1. The molecule has 0 spiro atoms. The quantitative estimate of drug-likeness (QED) is 0.497. The van der Waals surface area contributed by atoms with E-state index >= 15 is 0 Å². The van der Waals surface area contributed by atoms with Gasteiger partial charge in [-0.15, -0.1) is 11.8 Å². The van der Waals surface area contributed by atoms with E-state index in [1.54, 1.807) is 12.1 Å². The van der Waals surface area contributed by atoms with Crippen LogP contribution in [0.3, 0.4) is 0 Å². The van der Waals surface area contributed by atoms with Crippen LogP contribution < -0.4 is 5.73 Å². The molecule has 0 aromatic heterocycles. The standard InChI is InChI=1S/C15H15ClN2O2S/c1-10(17)11-5-7-12(8-6-11)21-9-13-14(16)3-2-4-15(13)18(19)20/h2-8,10H,9,17H2,1H3. The predicted octanol–water partition coefficient (Wildman–Crippen LogP) is 4.56. The van der Waals surface area contributed by atoms with E-state index in [0.29, 0.717) is 16.3 Å². The number of benzene rings is 2. The highest BCUT2D eigenvalue weighted by atomic mass is 35.5. The summed E-state index contributed by atoms with van der Waals surface area (Å²) in [5.41, 5.74) is 7.47. The average Bonchev–Trinajstić information content (AvgIpc) is 2.46. The maximum Gasteiger partial charge on any atom is 0.274 e. The molecule has 0 aliphatic heterocycles. The maximum atomic E-state index is 11.0. The largest absolute Gasteiger partial charge is 0.324 e. The Balaban J connectivity index is 2.15. The Morgan fingerprint density at radius 3 is 2.52 bits per heavy atom. The van der Waals surface area contributed by atoms with Crippen LogP contribution in [-0.2, 0) is 5.75 Å². The first-order chi connectivity index (χ1) is 9.99. The smallest absolute Gasteiger partial charge is 0.274 e. The van der Waals surface area contributed by atoms with Gasteiger partial charge in [-0.05, 0) is 30.7 Å². The highest BCUT2D eigenvalue weighted by molar-refractivity contribution is 7.98. The van der Waals surface area contributed by atoms with E-state index in [4.69, 9.17) is 17.3 Å². The Morgan fingerprint density at radius 1 is 1.29 bits per heavy atom. The fourth-order valence-corrected chi connectivity index (χ4v) is 3.14. The van der Waals surface area contributed by atoms with Crippen LogP contribution in [0.2, 0.25) is 5.02 Å². The average molecular weight is 323 g/mol. The summed E-state index contributed by atoms with van der Waals surface area (Å²) in [6.45, 7) is 1.93. The third-order valence-electron chi connectivity index (χ3n) is 3.08. The molecule has 2 aromatic carbocycles. The number of nitro groups is 1. The predicted molar refractivity (Wildman–Crippen MR) is 86.7 cm³/mol. The lowest BCUT2D eigenvalue weighted by Crippen LogP contribution is -2.04. The van der Waals surface area contributed by atoms with Crippen molar-refractivity contribution in [2.24, 2.45) is 5.73 Å². The van der Waals surface area contributed by atoms with Gasteiger partial charge in [0, 0.05) is 22.8 Å². The van der Waals surface area contributed by atoms with Crippen LogP contribution in [0.1, 0.15) is 24.1 Å². The van der Waals surface area contributed by atoms with Crippen molar-refractivity contribution < 1.29 is 4.92 Å². The molecule has 0 amide bonds. The molecule has 2 aromatic rings. The van der Waals surface area contributed by atoms with Gasteiger partial charge >= 0.3 is 0 Å². The van der Waals surface area contributed by atoms with E-state index in [1.807, 2.05) is 31.2 Å². The summed E-state index contributed by atoms with van der Waals surface area (Å²) in [5.74, 6) is 0.452. The van der Waals surface area contributed by atoms with Crippen molar-refractivity contribution in [3.8, 4) is 0 Å². The molecule has 0 radical (unpaired) electrons. The van der Waals surface area contributed by atoms with Gasteiger partial charge < -0.3 is 5.73 Å². The highest BCUT2D eigenvalue weighted by Gasteiger charge is 2.16. The molecule has 2 rings (SSSR count). The summed E-state index contributed by atoms with van der Waals surface area (Å²) >= 11 is 7.58. The molecule has 110 valence electrons. The van der Waals surface area contributed by atoms with E-state index in [1.165, 1.54) is 17.8 Å². The van der Waals surface area contributed by atoms with Crippen LogP contribution in [0, 0.1) is 10.1 Å². The lowest BCUT2D eigenvalue weighted by molar-refractivity contribution is -0.385. The van der Waals surface area contributed by atoms with Crippen LogP contribution in [0.5, 0.6) is 0 Å². The van der Waals surface area contributed by atoms with E-state index in [-0.39, 0.29) is 11.7 Å². The fraction of sp³-hybridized carbons (Fsp3) is 0.200. The van der Waals surface area contributed by atoms with Crippen molar-refractivity contribution >= 4 is 29.1 Å². The summed E-state index contributed by atoms with van der Waals surface area (Å²) < 4.78 is 0. The first-order valence-electron chi connectivity index (χ1n) is 6.39. The van der Waals surface area contributed by atoms with Crippen LogP contribution in [0.15, 0.2) is 47.4 Å². The number of halogens is 1. The second-order valence-electron chi connectivity index (χ2n) is 4.64. The van der Waals surface area contributed by atoms with Gasteiger partial charge in [0.1, 0.15) is 0 Å². The first kappa shape index (κ1) is 15.8. The van der Waals surface area contributed by atoms with Crippen LogP contribution in [-0.4, -0.2) is 4.92 Å². The van der Waals surface area contributed by atoms with Gasteiger partial charge in [0.05, 0.1) is 15.5 Å². The zero-order valence-electron chi connectivity index (χ0n) is 11.5. The minimum Gasteiger partial charge on any atom is -0.324 e. The molecule has 0 saturated heterocycles. The minimum absolute atomic E-state index is 0.00583. The van der Waals surface area contributed by atoms with Crippen molar-refractivity contribution in [2.75, 3.05) is 0 Å². The second kappa shape index (κ2) is 6.93. The molecule has 6 heteroatoms. The van der Waals surface area contributed by atoms with Gasteiger partial charge in [-0.3, -0.25) is 10.1 Å². The number of thioether (sulfide) groups is 1. The Morgan fingerprint density at radius 2 is 1.95 bits per heavy atom. The summed E-state index contributed by atoms with van der Waals surface area (Å²) in [7, 11) is 0. The summed E-state index contributed by atoms with van der Waals surface area (Å²) in [6.07, 6.45) is 0. The Hall–Kier alpha value is -1.56. The molecule has 0 heterocycles. The molecule has 2 N–H and O–H groups in total. The molecule has 21 heavy (non-hydrogen) atoms. The van der Waals surface area contributed by atoms with E-state index in [9.17, 15) is 10.1 Å². The molecule has 0 saturated carbocycles. The van der Waals surface area contributed by atoms with Crippen molar-refractivity contribution in [3.63, 3.8) is 0 Å². The molecular formula is C15H15ClN2O2S. The normalized spacial score (nSPS) is 12.1. The monoisotopic (exact) mass is 322 g/mol. The SMILES string of the molecule is CC(N)c1ccc(SCc2c(Cl)cccc2[N+](=O)[O-])cc1. The summed E-state index contributed by atoms with van der Waals surface area (Å²) in [6, 6.07) is 12.6. The zero-order chi connectivity index (χ0) is 15.4. The molecule has 1 unspecified atom stereocenters. The fourth-order valence-electron chi connectivity index (χ4n) is 1.88. The van der Waals surface area contributed by atoms with Gasteiger partial charge in [0.15, 0.2) is 0 Å². The number of hydrogen-bond acceptors (Lipinski definition) is 4. The van der Waals surface area contributed by atoms with E-state index < -0.39 is 4.92 Å². The summed E-state index contributed by atoms with van der Waals surface area (Å²) in [4.78, 5) is 11.6. The Bertz CT molecular complexity index is 645. The highest BCUT2D eigenvalue weighted by Crippen LogP contribution is 2.33. The number of nitrogens with zero attached hydrogens (tertiary/aromatic N) is 1. The van der Waals surface area contributed by atoms with Crippen LogP contribution in [0.25, 0.3) is 0 Å². The van der Waals surface area contributed by atoms with Crippen molar-refractivity contribution in [3.05, 3.63) is 68.7 Å². The topological polar surface area (TPSA) is 69.2 Å². The maximum absolute atomic E-state index is 11.0. The van der Waals surface area contributed by atoms with E-state index in [0.717, 1.165) is 10.5 Å².